The van der Waals surface area contributed by atoms with Crippen LogP contribution in [0.2, 0.25) is 0 Å². The number of carbonyl (C=O) groups excluding carboxylic acids is 1. The van der Waals surface area contributed by atoms with Gasteiger partial charge in [0.1, 0.15) is 0 Å². The van der Waals surface area contributed by atoms with Crippen LogP contribution in [0.1, 0.15) is 0 Å². The van der Waals surface area contributed by atoms with E-state index in [4.69, 9.17) is 0 Å². The first-order valence-electron chi connectivity index (χ1n) is 1.73. The topological polar surface area (TPSA) is 54.5 Å². The summed E-state index contributed by atoms with van der Waals surface area (Å²) in [4.78, 5) is 9.43. The molecule has 0 spiro atoms. The Hall–Kier alpha value is -0.720. The lowest BCUT2D eigenvalue weighted by molar-refractivity contribution is 0.205. The molecular formula is C2H3F2NO3S. The Kier molecular flexibility index (Phi) is 2.08. The summed E-state index contributed by atoms with van der Waals surface area (Å²) < 4.78 is 41.2. The molecule has 0 rings (SSSR count). The van der Waals surface area contributed by atoms with Crippen LogP contribution in [0.3, 0.4) is 0 Å². The highest BCUT2D eigenvalue weighted by atomic mass is 32.3. The molecule has 0 aromatic carbocycles. The molecule has 0 aromatic heterocycles. The van der Waals surface area contributed by atoms with Gasteiger partial charge >= 0.3 is 16.6 Å². The number of carbonyl (C=O) groups is 1. The predicted octanol–water partition coefficient (Wildman–Crippen LogP) is 0.222. The first kappa shape index (κ1) is 8.28. The van der Waals surface area contributed by atoms with Crippen LogP contribution >= 0.6 is 0 Å². The van der Waals surface area contributed by atoms with Crippen LogP contribution in [0.15, 0.2) is 0 Å². The lowest BCUT2D eigenvalue weighted by atomic mass is 11.2. The minimum atomic E-state index is -5.19. The second-order valence-electron chi connectivity index (χ2n) is 1.16. The van der Waals surface area contributed by atoms with Crippen molar-refractivity contribution in [2.75, 3.05) is 7.05 Å². The fourth-order valence-electron chi connectivity index (χ4n) is 0.0857. The van der Waals surface area contributed by atoms with Gasteiger partial charge in [0, 0.05) is 7.05 Å². The number of hydrogen-bond donors (Lipinski definition) is 0. The van der Waals surface area contributed by atoms with E-state index in [0.29, 0.717) is 7.05 Å². The second-order valence-corrected chi connectivity index (χ2v) is 2.53. The molecule has 1 amide bonds. The Morgan fingerprint density at radius 3 is 1.89 bits per heavy atom. The predicted molar refractivity (Wildman–Crippen MR) is 24.3 cm³/mol. The molecule has 0 saturated carbocycles. The molecule has 0 aliphatic rings. The van der Waals surface area contributed by atoms with Crippen molar-refractivity contribution >= 4 is 16.6 Å². The smallest absolute Gasteiger partial charge is 0.233 e. The van der Waals surface area contributed by atoms with E-state index in [9.17, 15) is 21.5 Å². The SMILES string of the molecule is CN(C(=O)F)S(=O)(=O)F. The average Bonchev–Trinajstić information content (AvgIpc) is 1.62. The maximum Gasteiger partial charge on any atom is 0.415 e. The number of nitrogens with zero attached hydrogens (tertiary/aromatic N) is 1. The Bertz CT molecular complexity index is 210. The molecule has 0 radical (unpaired) electrons. The molecule has 7 heteroatoms. The highest BCUT2D eigenvalue weighted by Crippen LogP contribution is 1.99. The Morgan fingerprint density at radius 2 is 1.89 bits per heavy atom. The fraction of sp³-hybridized carbons (Fsp3) is 0.500. The van der Waals surface area contributed by atoms with E-state index < -0.39 is 20.9 Å². The molecule has 0 aromatic rings. The third kappa shape index (κ3) is 2.36. The van der Waals surface area contributed by atoms with Gasteiger partial charge in [0.2, 0.25) is 0 Å². The van der Waals surface area contributed by atoms with E-state index in [2.05, 4.69) is 0 Å². The maximum atomic E-state index is 11.5. The van der Waals surface area contributed by atoms with Gasteiger partial charge < -0.3 is 0 Å². The van der Waals surface area contributed by atoms with Crippen LogP contribution in [-0.2, 0) is 10.4 Å². The molecule has 0 N–H and O–H groups in total. The van der Waals surface area contributed by atoms with Crippen molar-refractivity contribution in [2.24, 2.45) is 0 Å². The summed E-state index contributed by atoms with van der Waals surface area (Å²) in [5, 5.41) is 0. The van der Waals surface area contributed by atoms with Crippen molar-refractivity contribution in [2.45, 2.75) is 0 Å². The van der Waals surface area contributed by atoms with Gasteiger partial charge in [-0.3, -0.25) is 0 Å². The van der Waals surface area contributed by atoms with Gasteiger partial charge in [0.25, 0.3) is 0 Å². The van der Waals surface area contributed by atoms with E-state index in [1.165, 1.54) is 0 Å². The standard InChI is InChI=1S/C2H3F2NO3S/c1-5(2(3)6)9(4,7)8/h1H3. The normalized spacial score (nSPS) is 11.0. The van der Waals surface area contributed by atoms with Crippen LogP contribution in [0.5, 0.6) is 0 Å². The van der Waals surface area contributed by atoms with Gasteiger partial charge in [-0.15, -0.1) is 4.39 Å². The summed E-state index contributed by atoms with van der Waals surface area (Å²) in [7, 11) is -4.72. The minimum absolute atomic E-state index is 0.470. The molecule has 0 aliphatic carbocycles. The zero-order chi connectivity index (χ0) is 7.65. The van der Waals surface area contributed by atoms with Gasteiger partial charge in [0.05, 0.1) is 0 Å². The zero-order valence-corrected chi connectivity index (χ0v) is 5.15. The largest absolute Gasteiger partial charge is 0.415 e. The lowest BCUT2D eigenvalue weighted by Crippen LogP contribution is -2.25. The molecule has 4 nitrogen and oxygen atoms in total. The monoisotopic (exact) mass is 159 g/mol. The fourth-order valence-corrected chi connectivity index (χ4v) is 0.257. The van der Waals surface area contributed by atoms with Crippen molar-refractivity contribution in [3.8, 4) is 0 Å². The minimum Gasteiger partial charge on any atom is -0.233 e. The van der Waals surface area contributed by atoms with Gasteiger partial charge in [-0.25, -0.2) is 4.79 Å². The third-order valence-corrected chi connectivity index (χ3v) is 1.37. The molecular weight excluding hydrogens is 156 g/mol. The first-order valence-corrected chi connectivity index (χ1v) is 3.07. The van der Waals surface area contributed by atoms with Crippen LogP contribution in [-0.4, -0.2) is 25.9 Å². The highest BCUT2D eigenvalue weighted by molar-refractivity contribution is 7.84. The number of halogens is 2. The van der Waals surface area contributed by atoms with E-state index >= 15 is 0 Å². The summed E-state index contributed by atoms with van der Waals surface area (Å²) in [5.74, 6) is 0. The zero-order valence-electron chi connectivity index (χ0n) is 4.34. The average molecular weight is 159 g/mol. The molecule has 0 aliphatic heterocycles. The number of amides is 1. The molecule has 0 atom stereocenters. The third-order valence-electron chi connectivity index (χ3n) is 0.575. The molecule has 0 heterocycles. The molecule has 54 valence electrons. The molecule has 0 fully saturated rings. The maximum absolute atomic E-state index is 11.5. The van der Waals surface area contributed by atoms with Gasteiger partial charge in [-0.2, -0.15) is 12.7 Å². The van der Waals surface area contributed by atoms with E-state index in [1.807, 2.05) is 0 Å². The Labute approximate surface area is 50.4 Å². The van der Waals surface area contributed by atoms with Gasteiger partial charge in [-0.1, -0.05) is 3.89 Å². The van der Waals surface area contributed by atoms with E-state index in [0.717, 1.165) is 0 Å². The van der Waals surface area contributed by atoms with Crippen LogP contribution in [0, 0.1) is 0 Å². The molecule has 0 unspecified atom stereocenters. The summed E-state index contributed by atoms with van der Waals surface area (Å²) in [5.41, 5.74) is 0. The van der Waals surface area contributed by atoms with Crippen molar-refractivity contribution < 1.29 is 21.5 Å². The van der Waals surface area contributed by atoms with E-state index in [-0.39, 0.29) is 0 Å². The second kappa shape index (κ2) is 2.26. The van der Waals surface area contributed by atoms with Gasteiger partial charge in [-0.05, 0) is 0 Å². The number of rotatable bonds is 1. The van der Waals surface area contributed by atoms with Crippen molar-refractivity contribution in [3.05, 3.63) is 0 Å². The summed E-state index contributed by atoms with van der Waals surface area (Å²) >= 11 is 0. The lowest BCUT2D eigenvalue weighted by Gasteiger charge is -2.02. The summed E-state index contributed by atoms with van der Waals surface area (Å²) in [6.45, 7) is 0. The van der Waals surface area contributed by atoms with Crippen LogP contribution < -0.4 is 0 Å². The molecule has 9 heavy (non-hydrogen) atoms. The summed E-state index contributed by atoms with van der Waals surface area (Å²) in [6.07, 6.45) is -2.35. The van der Waals surface area contributed by atoms with Gasteiger partial charge in [0.15, 0.2) is 0 Å². The van der Waals surface area contributed by atoms with Crippen molar-refractivity contribution in [1.29, 1.82) is 0 Å². The summed E-state index contributed by atoms with van der Waals surface area (Å²) in [6, 6.07) is 0. The Morgan fingerprint density at radius 1 is 1.56 bits per heavy atom. The van der Waals surface area contributed by atoms with Crippen LogP contribution in [0.25, 0.3) is 0 Å². The van der Waals surface area contributed by atoms with Crippen molar-refractivity contribution in [3.63, 3.8) is 0 Å². The van der Waals surface area contributed by atoms with Crippen LogP contribution in [0.4, 0.5) is 13.1 Å². The quantitative estimate of drug-likeness (QED) is 0.406. The molecule has 0 bridgehead atoms. The first-order chi connectivity index (χ1) is 3.85. The van der Waals surface area contributed by atoms with E-state index in [1.54, 1.807) is 0 Å². The Balaban J connectivity index is 4.43. The number of hydrogen-bond acceptors (Lipinski definition) is 3. The van der Waals surface area contributed by atoms with Crippen molar-refractivity contribution in [1.82, 2.24) is 4.31 Å². The molecule has 0 saturated heterocycles. The highest BCUT2D eigenvalue weighted by Gasteiger charge is 2.21.